The Balaban J connectivity index is 2.74. The van der Waals surface area contributed by atoms with Gasteiger partial charge in [0.15, 0.2) is 11.5 Å². The topological polar surface area (TPSA) is 50.4 Å². The first kappa shape index (κ1) is 9.93. The van der Waals surface area contributed by atoms with Crippen LogP contribution in [0.1, 0.15) is 28.6 Å². The van der Waals surface area contributed by atoms with Crippen molar-refractivity contribution < 1.29 is 14.3 Å². The molecule has 0 bridgehead atoms. The van der Waals surface area contributed by atoms with E-state index in [1.165, 1.54) is 6.92 Å². The van der Waals surface area contributed by atoms with Crippen LogP contribution in [-0.4, -0.2) is 10.9 Å². The number of rotatable bonds is 2. The third kappa shape index (κ3) is 1.66. The van der Waals surface area contributed by atoms with Gasteiger partial charge in [0.05, 0.1) is 6.61 Å². The molecule has 0 radical (unpaired) electrons. The van der Waals surface area contributed by atoms with Gasteiger partial charge in [-0.15, -0.1) is 0 Å². The predicted molar refractivity (Wildman–Crippen MR) is 56.9 cm³/mol. The van der Waals surface area contributed by atoms with E-state index >= 15 is 0 Å². The van der Waals surface area contributed by atoms with E-state index in [4.69, 9.17) is 4.42 Å². The highest BCUT2D eigenvalue weighted by atomic mass is 16.3. The smallest absolute Gasteiger partial charge is 0.194 e. The maximum atomic E-state index is 11.1. The van der Waals surface area contributed by atoms with Crippen LogP contribution in [0, 0.1) is 6.92 Å². The van der Waals surface area contributed by atoms with E-state index in [-0.39, 0.29) is 12.4 Å². The monoisotopic (exact) mass is 204 g/mol. The van der Waals surface area contributed by atoms with Crippen LogP contribution in [-0.2, 0) is 6.61 Å². The second-order valence-electron chi connectivity index (χ2n) is 3.66. The molecular weight excluding hydrogens is 192 g/mol. The first-order valence-electron chi connectivity index (χ1n) is 4.76. The highest BCUT2D eigenvalue weighted by molar-refractivity contribution is 5.96. The van der Waals surface area contributed by atoms with Gasteiger partial charge in [0.2, 0.25) is 0 Å². The van der Waals surface area contributed by atoms with Crippen molar-refractivity contribution in [3.05, 3.63) is 35.1 Å². The van der Waals surface area contributed by atoms with Crippen molar-refractivity contribution in [3.8, 4) is 0 Å². The number of ketones is 1. The zero-order valence-corrected chi connectivity index (χ0v) is 8.70. The van der Waals surface area contributed by atoms with Crippen LogP contribution in [0.5, 0.6) is 0 Å². The minimum absolute atomic E-state index is 0.0466. The van der Waals surface area contributed by atoms with Gasteiger partial charge < -0.3 is 9.52 Å². The third-order valence-electron chi connectivity index (χ3n) is 2.38. The third-order valence-corrected chi connectivity index (χ3v) is 2.38. The number of Topliss-reactive ketones (excluding diaryl/α,β-unsaturated/α-hetero) is 1. The molecule has 0 unspecified atom stereocenters. The Kier molecular flexibility index (Phi) is 2.32. The number of benzene rings is 1. The molecule has 1 aromatic heterocycles. The summed E-state index contributed by atoms with van der Waals surface area (Å²) in [6, 6.07) is 5.44. The number of carbonyl (C=O) groups excluding carboxylic acids is 1. The van der Waals surface area contributed by atoms with Crippen LogP contribution in [0.15, 0.2) is 22.6 Å². The van der Waals surface area contributed by atoms with Crippen LogP contribution in [0.3, 0.4) is 0 Å². The molecule has 0 aliphatic rings. The van der Waals surface area contributed by atoms with Crippen molar-refractivity contribution >= 4 is 16.8 Å². The summed E-state index contributed by atoms with van der Waals surface area (Å²) in [6.45, 7) is 3.34. The molecule has 0 aliphatic carbocycles. The molecule has 0 spiro atoms. The molecule has 0 amide bonds. The predicted octanol–water partition coefficient (Wildman–Crippen LogP) is 2.44. The molecule has 3 nitrogen and oxygen atoms in total. The summed E-state index contributed by atoms with van der Waals surface area (Å²) in [7, 11) is 0. The number of carbonyl (C=O) groups is 1. The van der Waals surface area contributed by atoms with Gasteiger partial charge in [-0.25, -0.2) is 0 Å². The second kappa shape index (κ2) is 3.51. The molecule has 15 heavy (non-hydrogen) atoms. The number of hydrogen-bond acceptors (Lipinski definition) is 3. The largest absolute Gasteiger partial charge is 0.453 e. The number of aliphatic hydroxyl groups excluding tert-OH is 1. The highest BCUT2D eigenvalue weighted by Crippen LogP contribution is 2.25. The van der Waals surface area contributed by atoms with Crippen molar-refractivity contribution in [1.82, 2.24) is 0 Å². The summed E-state index contributed by atoms with van der Waals surface area (Å²) < 4.78 is 5.39. The average molecular weight is 204 g/mol. The van der Waals surface area contributed by atoms with E-state index in [9.17, 15) is 9.90 Å². The first-order valence-corrected chi connectivity index (χ1v) is 4.76. The van der Waals surface area contributed by atoms with Crippen molar-refractivity contribution in [3.63, 3.8) is 0 Å². The fraction of sp³-hybridized carbons (Fsp3) is 0.250. The maximum absolute atomic E-state index is 11.1. The molecule has 0 aliphatic heterocycles. The number of fused-ring (bicyclic) bond motifs is 1. The first-order chi connectivity index (χ1) is 7.11. The molecule has 78 valence electrons. The van der Waals surface area contributed by atoms with E-state index in [0.717, 1.165) is 16.5 Å². The molecule has 0 saturated heterocycles. The molecule has 0 fully saturated rings. The summed E-state index contributed by atoms with van der Waals surface area (Å²) in [5, 5.41) is 9.99. The van der Waals surface area contributed by atoms with Gasteiger partial charge in [0.1, 0.15) is 5.58 Å². The standard InChI is InChI=1S/C12H12O3/c1-7-3-9(6-13)10-5-11(8(2)14)15-12(10)4-7/h3-5,13H,6H2,1-2H3. The highest BCUT2D eigenvalue weighted by Gasteiger charge is 2.11. The zero-order chi connectivity index (χ0) is 11.0. The second-order valence-corrected chi connectivity index (χ2v) is 3.66. The van der Waals surface area contributed by atoms with Gasteiger partial charge in [0.25, 0.3) is 0 Å². The Morgan fingerprint density at radius 2 is 2.13 bits per heavy atom. The fourth-order valence-electron chi connectivity index (χ4n) is 1.67. The summed E-state index contributed by atoms with van der Waals surface area (Å²) in [5.41, 5.74) is 2.46. The van der Waals surface area contributed by atoms with Crippen molar-refractivity contribution in [2.24, 2.45) is 0 Å². The number of aliphatic hydroxyl groups is 1. The van der Waals surface area contributed by atoms with Gasteiger partial charge in [-0.3, -0.25) is 4.79 Å². The Hall–Kier alpha value is -1.61. The molecule has 1 heterocycles. The van der Waals surface area contributed by atoms with E-state index in [1.54, 1.807) is 6.07 Å². The summed E-state index contributed by atoms with van der Waals surface area (Å²) in [5.74, 6) is 0.234. The summed E-state index contributed by atoms with van der Waals surface area (Å²) in [6.07, 6.45) is 0. The molecule has 0 saturated carbocycles. The SMILES string of the molecule is CC(=O)c1cc2c(CO)cc(C)cc2o1. The maximum Gasteiger partial charge on any atom is 0.194 e. The lowest BCUT2D eigenvalue weighted by Gasteiger charge is -1.99. The van der Waals surface area contributed by atoms with Gasteiger partial charge >= 0.3 is 0 Å². The van der Waals surface area contributed by atoms with Gasteiger partial charge in [-0.2, -0.15) is 0 Å². The molecule has 2 aromatic rings. The molecule has 3 heteroatoms. The lowest BCUT2D eigenvalue weighted by Crippen LogP contribution is -1.86. The van der Waals surface area contributed by atoms with Crippen LogP contribution in [0.4, 0.5) is 0 Å². The molecule has 1 N–H and O–H groups in total. The number of furan rings is 1. The zero-order valence-electron chi connectivity index (χ0n) is 8.70. The Labute approximate surface area is 87.3 Å². The van der Waals surface area contributed by atoms with E-state index in [2.05, 4.69) is 0 Å². The van der Waals surface area contributed by atoms with Crippen molar-refractivity contribution in [1.29, 1.82) is 0 Å². The van der Waals surface area contributed by atoms with Gasteiger partial charge in [-0.1, -0.05) is 6.07 Å². The van der Waals surface area contributed by atoms with Crippen molar-refractivity contribution in [2.75, 3.05) is 0 Å². The minimum atomic E-state index is -0.104. The van der Waals surface area contributed by atoms with Crippen LogP contribution in [0.25, 0.3) is 11.0 Å². The minimum Gasteiger partial charge on any atom is -0.453 e. The Morgan fingerprint density at radius 3 is 2.73 bits per heavy atom. The van der Waals surface area contributed by atoms with E-state index in [0.29, 0.717) is 11.3 Å². The van der Waals surface area contributed by atoms with Gasteiger partial charge in [-0.05, 0) is 30.2 Å². The van der Waals surface area contributed by atoms with E-state index in [1.807, 2.05) is 19.1 Å². The summed E-state index contributed by atoms with van der Waals surface area (Å²) in [4.78, 5) is 11.1. The number of aryl methyl sites for hydroxylation is 1. The van der Waals surface area contributed by atoms with E-state index < -0.39 is 0 Å². The average Bonchev–Trinajstić information content (AvgIpc) is 2.59. The Morgan fingerprint density at radius 1 is 1.40 bits per heavy atom. The Bertz CT molecular complexity index is 523. The fourth-order valence-corrected chi connectivity index (χ4v) is 1.67. The van der Waals surface area contributed by atoms with Crippen LogP contribution >= 0.6 is 0 Å². The molecule has 0 atom stereocenters. The lowest BCUT2D eigenvalue weighted by atomic mass is 10.1. The van der Waals surface area contributed by atoms with Crippen molar-refractivity contribution in [2.45, 2.75) is 20.5 Å². The quantitative estimate of drug-likeness (QED) is 0.764. The molecule has 1 aromatic carbocycles. The number of hydrogen-bond donors (Lipinski definition) is 1. The van der Waals surface area contributed by atoms with Crippen LogP contribution < -0.4 is 0 Å². The molecular formula is C12H12O3. The molecule has 2 rings (SSSR count). The lowest BCUT2D eigenvalue weighted by molar-refractivity contribution is 0.0989. The normalized spacial score (nSPS) is 10.9. The van der Waals surface area contributed by atoms with Crippen LogP contribution in [0.2, 0.25) is 0 Å². The van der Waals surface area contributed by atoms with Gasteiger partial charge in [0, 0.05) is 12.3 Å². The summed E-state index contributed by atoms with van der Waals surface area (Å²) >= 11 is 0.